The van der Waals surface area contributed by atoms with Crippen molar-refractivity contribution in [3.05, 3.63) is 94.6 Å². The molecule has 0 bridgehead atoms. The smallest absolute Gasteiger partial charge is 0.215 e. The highest BCUT2D eigenvalue weighted by molar-refractivity contribution is 7.07. The lowest BCUT2D eigenvalue weighted by atomic mass is 10.1. The third-order valence-electron chi connectivity index (χ3n) is 4.55. The monoisotopic (exact) mass is 415 g/mol. The molecule has 0 aliphatic heterocycles. The van der Waals surface area contributed by atoms with Gasteiger partial charge in [0.15, 0.2) is 11.5 Å². The molecule has 4 aromatic rings. The Hall–Kier alpha value is -3.64. The number of nitrogens with zero attached hydrogens (tertiary/aromatic N) is 3. The van der Waals surface area contributed by atoms with E-state index < -0.39 is 0 Å². The van der Waals surface area contributed by atoms with E-state index in [1.807, 2.05) is 66.7 Å². The molecule has 0 unspecified atom stereocenters. The van der Waals surface area contributed by atoms with Crippen LogP contribution >= 0.6 is 11.3 Å². The normalized spacial score (nSPS) is 11.7. The molecule has 4 rings (SSSR count). The number of benzene rings is 3. The summed E-state index contributed by atoms with van der Waals surface area (Å²) in [5.74, 6) is 1.38. The summed E-state index contributed by atoms with van der Waals surface area (Å²) in [6, 6.07) is 25.9. The largest absolute Gasteiger partial charge is 0.493 e. The van der Waals surface area contributed by atoms with Crippen molar-refractivity contribution in [1.82, 2.24) is 4.57 Å². The SMILES string of the molecule is COc1ccc(-c2cs/c(=N/N=C\c3ccccc3)n2-c2ccccc2)cc1OC. The van der Waals surface area contributed by atoms with Crippen LogP contribution in [-0.4, -0.2) is 25.0 Å². The highest BCUT2D eigenvalue weighted by Crippen LogP contribution is 2.33. The summed E-state index contributed by atoms with van der Waals surface area (Å²) < 4.78 is 13.0. The Kier molecular flexibility index (Phi) is 6.06. The third-order valence-corrected chi connectivity index (χ3v) is 5.37. The minimum Gasteiger partial charge on any atom is -0.493 e. The molecule has 6 heteroatoms. The molecule has 0 atom stereocenters. The van der Waals surface area contributed by atoms with Gasteiger partial charge in [0.25, 0.3) is 0 Å². The van der Waals surface area contributed by atoms with Crippen molar-refractivity contribution in [2.45, 2.75) is 0 Å². The molecule has 0 amide bonds. The lowest BCUT2D eigenvalue weighted by Gasteiger charge is -2.12. The van der Waals surface area contributed by atoms with Crippen LogP contribution in [0.25, 0.3) is 16.9 Å². The Morgan fingerprint density at radius 1 is 0.833 bits per heavy atom. The Morgan fingerprint density at radius 2 is 1.53 bits per heavy atom. The topological polar surface area (TPSA) is 48.1 Å². The van der Waals surface area contributed by atoms with E-state index >= 15 is 0 Å². The molecule has 0 aliphatic carbocycles. The van der Waals surface area contributed by atoms with Gasteiger partial charge in [-0.05, 0) is 35.9 Å². The maximum Gasteiger partial charge on any atom is 0.215 e. The zero-order chi connectivity index (χ0) is 20.8. The number of para-hydroxylation sites is 1. The lowest BCUT2D eigenvalue weighted by Crippen LogP contribution is -2.13. The zero-order valence-corrected chi connectivity index (χ0v) is 17.5. The highest BCUT2D eigenvalue weighted by atomic mass is 32.1. The van der Waals surface area contributed by atoms with Gasteiger partial charge in [0.1, 0.15) is 0 Å². The van der Waals surface area contributed by atoms with Crippen LogP contribution in [0.15, 0.2) is 94.4 Å². The molecule has 1 aromatic heterocycles. The Bertz CT molecular complexity index is 1210. The summed E-state index contributed by atoms with van der Waals surface area (Å²) in [7, 11) is 3.27. The second kappa shape index (κ2) is 9.24. The quantitative estimate of drug-likeness (QED) is 0.323. The van der Waals surface area contributed by atoms with Crippen molar-refractivity contribution in [1.29, 1.82) is 0 Å². The molecule has 0 radical (unpaired) electrons. The van der Waals surface area contributed by atoms with E-state index in [0.29, 0.717) is 11.5 Å². The average molecular weight is 416 g/mol. The number of hydrogen-bond acceptors (Lipinski definition) is 5. The summed E-state index contributed by atoms with van der Waals surface area (Å²) >= 11 is 1.53. The van der Waals surface area contributed by atoms with Gasteiger partial charge in [-0.3, -0.25) is 4.57 Å². The summed E-state index contributed by atoms with van der Waals surface area (Å²) in [6.45, 7) is 0. The number of rotatable bonds is 6. The molecular weight excluding hydrogens is 394 g/mol. The maximum atomic E-state index is 5.49. The summed E-state index contributed by atoms with van der Waals surface area (Å²) in [5, 5.41) is 10.9. The van der Waals surface area contributed by atoms with Gasteiger partial charge in [-0.1, -0.05) is 48.5 Å². The van der Waals surface area contributed by atoms with Gasteiger partial charge in [0, 0.05) is 16.6 Å². The van der Waals surface area contributed by atoms with E-state index in [-0.39, 0.29) is 0 Å². The molecule has 0 spiro atoms. The molecule has 0 saturated carbocycles. The fourth-order valence-electron chi connectivity index (χ4n) is 3.09. The van der Waals surface area contributed by atoms with E-state index in [0.717, 1.165) is 27.3 Å². The third kappa shape index (κ3) is 4.18. The molecule has 0 N–H and O–H groups in total. The summed E-state index contributed by atoms with van der Waals surface area (Å²) in [5.41, 5.74) is 4.02. The predicted octanol–water partition coefficient (Wildman–Crippen LogP) is 5.16. The highest BCUT2D eigenvalue weighted by Gasteiger charge is 2.13. The van der Waals surface area contributed by atoms with Crippen LogP contribution in [0.1, 0.15) is 5.56 Å². The van der Waals surface area contributed by atoms with E-state index in [9.17, 15) is 0 Å². The van der Waals surface area contributed by atoms with Gasteiger partial charge in [0.05, 0.1) is 26.1 Å². The second-order valence-corrected chi connectivity index (χ2v) is 7.24. The van der Waals surface area contributed by atoms with Crippen molar-refractivity contribution in [3.63, 3.8) is 0 Å². The van der Waals surface area contributed by atoms with Crippen molar-refractivity contribution < 1.29 is 9.47 Å². The van der Waals surface area contributed by atoms with Crippen molar-refractivity contribution in [2.75, 3.05) is 14.2 Å². The Morgan fingerprint density at radius 3 is 2.23 bits per heavy atom. The van der Waals surface area contributed by atoms with Gasteiger partial charge in [-0.15, -0.1) is 16.4 Å². The number of hydrogen-bond donors (Lipinski definition) is 0. The van der Waals surface area contributed by atoms with Crippen LogP contribution in [0.5, 0.6) is 11.5 Å². The Labute approximate surface area is 179 Å². The van der Waals surface area contributed by atoms with Gasteiger partial charge in [-0.25, -0.2) is 0 Å². The molecule has 0 aliphatic rings. The van der Waals surface area contributed by atoms with Crippen LogP contribution in [-0.2, 0) is 0 Å². The van der Waals surface area contributed by atoms with E-state index in [1.165, 1.54) is 11.3 Å². The number of ether oxygens (including phenoxy) is 2. The van der Waals surface area contributed by atoms with Crippen LogP contribution in [0.4, 0.5) is 0 Å². The van der Waals surface area contributed by atoms with Gasteiger partial charge >= 0.3 is 0 Å². The number of thiazole rings is 1. The van der Waals surface area contributed by atoms with Gasteiger partial charge in [-0.2, -0.15) is 5.10 Å². The van der Waals surface area contributed by atoms with Crippen LogP contribution in [0, 0.1) is 0 Å². The van der Waals surface area contributed by atoms with Crippen LogP contribution in [0.3, 0.4) is 0 Å². The van der Waals surface area contributed by atoms with Crippen LogP contribution in [0.2, 0.25) is 0 Å². The second-order valence-electron chi connectivity index (χ2n) is 6.40. The van der Waals surface area contributed by atoms with Crippen molar-refractivity contribution in [2.24, 2.45) is 10.2 Å². The minimum atomic E-state index is 0.682. The van der Waals surface area contributed by atoms with Crippen LogP contribution < -0.4 is 14.3 Å². The number of aromatic nitrogens is 1. The van der Waals surface area contributed by atoms with E-state index in [1.54, 1.807) is 20.4 Å². The molecule has 1 heterocycles. The molecule has 150 valence electrons. The molecular formula is C24H21N3O2S. The zero-order valence-electron chi connectivity index (χ0n) is 16.7. The summed E-state index contributed by atoms with van der Waals surface area (Å²) in [4.78, 5) is 0.776. The fraction of sp³-hybridized carbons (Fsp3) is 0.0833. The van der Waals surface area contributed by atoms with Crippen molar-refractivity contribution in [3.8, 4) is 28.4 Å². The number of methoxy groups -OCH3 is 2. The first-order valence-electron chi connectivity index (χ1n) is 9.40. The first-order valence-corrected chi connectivity index (χ1v) is 10.3. The predicted molar refractivity (Wildman–Crippen MR) is 122 cm³/mol. The first-order chi connectivity index (χ1) is 14.8. The lowest BCUT2D eigenvalue weighted by molar-refractivity contribution is 0.355. The minimum absolute atomic E-state index is 0.682. The molecule has 3 aromatic carbocycles. The molecule has 5 nitrogen and oxygen atoms in total. The Balaban J connectivity index is 1.83. The standard InChI is InChI=1S/C24H21N3O2S/c1-28-22-14-13-19(15-23(22)29-2)21-17-30-24(27(21)20-11-7-4-8-12-20)26-25-16-18-9-5-3-6-10-18/h3-17H,1-2H3/b25-16-,26-24+. The van der Waals surface area contributed by atoms with Crippen molar-refractivity contribution >= 4 is 17.6 Å². The fourth-order valence-corrected chi connectivity index (χ4v) is 3.95. The van der Waals surface area contributed by atoms with Gasteiger partial charge < -0.3 is 9.47 Å². The molecule has 0 saturated heterocycles. The average Bonchev–Trinajstić information content (AvgIpc) is 3.23. The maximum absolute atomic E-state index is 5.49. The van der Waals surface area contributed by atoms with Gasteiger partial charge in [0.2, 0.25) is 4.80 Å². The van der Waals surface area contributed by atoms with E-state index in [4.69, 9.17) is 9.47 Å². The summed E-state index contributed by atoms with van der Waals surface area (Å²) in [6.07, 6.45) is 1.76. The van der Waals surface area contributed by atoms with E-state index in [2.05, 4.69) is 32.3 Å². The first kappa shape index (κ1) is 19.7. The molecule has 30 heavy (non-hydrogen) atoms. The molecule has 0 fully saturated rings.